The van der Waals surface area contributed by atoms with Crippen molar-refractivity contribution in [2.45, 2.75) is 58.5 Å². The third kappa shape index (κ3) is 4.16. The van der Waals surface area contributed by atoms with E-state index in [1.165, 1.54) is 6.07 Å². The van der Waals surface area contributed by atoms with Crippen LogP contribution in [-0.2, 0) is 15.6 Å². The summed E-state index contributed by atoms with van der Waals surface area (Å²) in [5, 5.41) is 8.51. The number of aliphatic carboxylic acids is 1. The number of rotatable bonds is 3. The molecule has 21 heavy (non-hydrogen) atoms. The first-order chi connectivity index (χ1) is 9.25. The zero-order valence-corrected chi connectivity index (χ0v) is 13.3. The van der Waals surface area contributed by atoms with Gasteiger partial charge in [0, 0.05) is 5.56 Å². The standard InChI is InChI=1S/C16H22F2O3/c1-14(2,3)10-7-8-12(11(9-10)15(4,5)6)21-16(17,18)13(19)20/h7-9H,1-6H3,(H,19,20). The number of carboxylic acids is 1. The van der Waals surface area contributed by atoms with E-state index in [2.05, 4.69) is 4.74 Å². The fraction of sp³-hybridized carbons (Fsp3) is 0.562. The van der Waals surface area contributed by atoms with Gasteiger partial charge in [0.05, 0.1) is 0 Å². The number of carbonyl (C=O) groups is 1. The zero-order valence-electron chi connectivity index (χ0n) is 13.3. The number of hydrogen-bond donors (Lipinski definition) is 1. The summed E-state index contributed by atoms with van der Waals surface area (Å²) in [6.45, 7) is 11.6. The van der Waals surface area contributed by atoms with E-state index >= 15 is 0 Å². The van der Waals surface area contributed by atoms with Crippen molar-refractivity contribution in [1.82, 2.24) is 0 Å². The van der Waals surface area contributed by atoms with Gasteiger partial charge in [0.15, 0.2) is 0 Å². The number of hydrogen-bond acceptors (Lipinski definition) is 2. The van der Waals surface area contributed by atoms with Crippen molar-refractivity contribution in [2.24, 2.45) is 0 Å². The van der Waals surface area contributed by atoms with Crippen LogP contribution in [0.4, 0.5) is 8.78 Å². The quantitative estimate of drug-likeness (QED) is 0.903. The lowest BCUT2D eigenvalue weighted by Crippen LogP contribution is -2.35. The molecule has 0 bridgehead atoms. The third-order valence-corrected chi connectivity index (χ3v) is 3.14. The van der Waals surface area contributed by atoms with Crippen LogP contribution in [0.5, 0.6) is 5.75 Å². The van der Waals surface area contributed by atoms with E-state index < -0.39 is 17.5 Å². The lowest BCUT2D eigenvalue weighted by atomic mass is 9.80. The molecule has 0 saturated heterocycles. The second kappa shape index (κ2) is 5.28. The molecule has 1 rings (SSSR count). The minimum absolute atomic E-state index is 0.108. The van der Waals surface area contributed by atoms with Crippen LogP contribution < -0.4 is 4.74 Å². The fourth-order valence-electron chi connectivity index (χ4n) is 1.85. The SMILES string of the molecule is CC(C)(C)c1ccc(OC(F)(F)C(=O)O)c(C(C)(C)C)c1. The second-order valence-electron chi connectivity index (χ2n) is 7.13. The Hall–Kier alpha value is -1.65. The number of carboxylic acid groups (broad SMARTS) is 1. The molecule has 0 aromatic heterocycles. The molecule has 0 amide bonds. The number of ether oxygens (including phenoxy) is 1. The van der Waals surface area contributed by atoms with Gasteiger partial charge in [-0.05, 0) is 22.5 Å². The highest BCUT2D eigenvalue weighted by molar-refractivity contribution is 5.74. The molecular formula is C16H22F2O3. The maximum absolute atomic E-state index is 13.3. The first kappa shape index (κ1) is 17.4. The maximum atomic E-state index is 13.3. The molecule has 1 N–H and O–H groups in total. The van der Waals surface area contributed by atoms with Crippen LogP contribution in [-0.4, -0.2) is 17.2 Å². The van der Waals surface area contributed by atoms with Crippen LogP contribution in [0.15, 0.2) is 18.2 Å². The lowest BCUT2D eigenvalue weighted by molar-refractivity contribution is -0.211. The summed E-state index contributed by atoms with van der Waals surface area (Å²) < 4.78 is 31.1. The van der Waals surface area contributed by atoms with E-state index in [4.69, 9.17) is 5.11 Å². The molecule has 0 heterocycles. The Morgan fingerprint density at radius 3 is 1.95 bits per heavy atom. The van der Waals surface area contributed by atoms with Crippen molar-refractivity contribution in [3.05, 3.63) is 29.3 Å². The van der Waals surface area contributed by atoms with Gasteiger partial charge in [0.2, 0.25) is 0 Å². The summed E-state index contributed by atoms with van der Waals surface area (Å²) in [6.07, 6.45) is -4.25. The molecule has 1 aromatic carbocycles. The molecule has 0 fully saturated rings. The molecule has 0 radical (unpaired) electrons. The summed E-state index contributed by atoms with van der Waals surface area (Å²) in [4.78, 5) is 10.5. The molecule has 0 unspecified atom stereocenters. The van der Waals surface area contributed by atoms with E-state index in [1.807, 2.05) is 41.5 Å². The van der Waals surface area contributed by atoms with Crippen molar-refractivity contribution in [1.29, 1.82) is 0 Å². The Morgan fingerprint density at radius 2 is 1.57 bits per heavy atom. The van der Waals surface area contributed by atoms with Gasteiger partial charge >= 0.3 is 12.1 Å². The highest BCUT2D eigenvalue weighted by Crippen LogP contribution is 2.37. The Balaban J connectivity index is 3.37. The van der Waals surface area contributed by atoms with Crippen LogP contribution >= 0.6 is 0 Å². The second-order valence-corrected chi connectivity index (χ2v) is 7.13. The molecule has 0 atom stereocenters. The predicted octanol–water partition coefficient (Wildman–Crippen LogP) is 4.34. The summed E-state index contributed by atoms with van der Waals surface area (Å²) in [7, 11) is 0. The third-order valence-electron chi connectivity index (χ3n) is 3.14. The average Bonchev–Trinajstić information content (AvgIpc) is 2.25. The molecule has 5 heteroatoms. The topological polar surface area (TPSA) is 46.5 Å². The van der Waals surface area contributed by atoms with E-state index in [1.54, 1.807) is 12.1 Å². The zero-order chi connectivity index (χ0) is 16.6. The minimum atomic E-state index is -4.25. The van der Waals surface area contributed by atoms with Crippen LogP contribution in [0.1, 0.15) is 52.7 Å². The van der Waals surface area contributed by atoms with E-state index in [9.17, 15) is 13.6 Å². The Kier molecular flexibility index (Phi) is 4.37. The predicted molar refractivity (Wildman–Crippen MR) is 77.1 cm³/mol. The van der Waals surface area contributed by atoms with Gasteiger partial charge in [0.1, 0.15) is 5.75 Å². The molecular weight excluding hydrogens is 278 g/mol. The molecule has 0 spiro atoms. The van der Waals surface area contributed by atoms with Crippen LogP contribution in [0, 0.1) is 0 Å². The van der Waals surface area contributed by atoms with Gasteiger partial charge in [-0.15, -0.1) is 0 Å². The van der Waals surface area contributed by atoms with Crippen molar-refractivity contribution >= 4 is 5.97 Å². The van der Waals surface area contributed by atoms with Crippen LogP contribution in [0.25, 0.3) is 0 Å². The van der Waals surface area contributed by atoms with Crippen LogP contribution in [0.3, 0.4) is 0 Å². The molecule has 3 nitrogen and oxygen atoms in total. The first-order valence-corrected chi connectivity index (χ1v) is 6.70. The largest absolute Gasteiger partial charge is 0.501 e. The van der Waals surface area contributed by atoms with Gasteiger partial charge < -0.3 is 9.84 Å². The summed E-state index contributed by atoms with van der Waals surface area (Å²) in [6, 6.07) is 4.90. The van der Waals surface area contributed by atoms with E-state index in [-0.39, 0.29) is 11.2 Å². The smallest absolute Gasteiger partial charge is 0.474 e. The van der Waals surface area contributed by atoms with Gasteiger partial charge in [-0.2, -0.15) is 8.78 Å². The average molecular weight is 300 g/mol. The molecule has 0 aliphatic heterocycles. The molecule has 0 saturated carbocycles. The minimum Gasteiger partial charge on any atom is -0.474 e. The summed E-state index contributed by atoms with van der Waals surface area (Å²) in [5.74, 6) is -2.41. The van der Waals surface area contributed by atoms with Crippen molar-refractivity contribution in [3.63, 3.8) is 0 Å². The highest BCUT2D eigenvalue weighted by Gasteiger charge is 2.43. The Labute approximate surface area is 123 Å². The fourth-order valence-corrected chi connectivity index (χ4v) is 1.85. The highest BCUT2D eigenvalue weighted by atomic mass is 19.3. The van der Waals surface area contributed by atoms with Crippen molar-refractivity contribution in [2.75, 3.05) is 0 Å². The lowest BCUT2D eigenvalue weighted by Gasteiger charge is -2.28. The van der Waals surface area contributed by atoms with Crippen LogP contribution in [0.2, 0.25) is 0 Å². The maximum Gasteiger partial charge on any atom is 0.501 e. The molecule has 0 aliphatic carbocycles. The van der Waals surface area contributed by atoms with Gasteiger partial charge in [-0.25, -0.2) is 4.79 Å². The number of benzene rings is 1. The first-order valence-electron chi connectivity index (χ1n) is 6.70. The van der Waals surface area contributed by atoms with Gasteiger partial charge in [0.25, 0.3) is 0 Å². The Bertz CT molecular complexity index is 537. The van der Waals surface area contributed by atoms with Gasteiger partial charge in [-0.3, -0.25) is 0 Å². The number of halogens is 2. The van der Waals surface area contributed by atoms with Crippen molar-refractivity contribution in [3.8, 4) is 5.75 Å². The van der Waals surface area contributed by atoms with Crippen molar-refractivity contribution < 1.29 is 23.4 Å². The summed E-state index contributed by atoms with van der Waals surface area (Å²) >= 11 is 0. The molecule has 1 aromatic rings. The normalized spacial score (nSPS) is 13.1. The summed E-state index contributed by atoms with van der Waals surface area (Å²) in [5.41, 5.74) is 0.924. The monoisotopic (exact) mass is 300 g/mol. The molecule has 118 valence electrons. The Morgan fingerprint density at radius 1 is 1.05 bits per heavy atom. The number of alkyl halides is 2. The molecule has 0 aliphatic rings. The van der Waals surface area contributed by atoms with Gasteiger partial charge in [-0.1, -0.05) is 53.7 Å². The van der Waals surface area contributed by atoms with E-state index in [0.29, 0.717) is 5.56 Å². The van der Waals surface area contributed by atoms with E-state index in [0.717, 1.165) is 5.56 Å².